The van der Waals surface area contributed by atoms with Crippen molar-refractivity contribution in [2.24, 2.45) is 5.92 Å². The average Bonchev–Trinajstić information content (AvgIpc) is 2.68. The van der Waals surface area contributed by atoms with Crippen LogP contribution in [0, 0.1) is 5.92 Å². The van der Waals surface area contributed by atoms with Gasteiger partial charge in [-0.3, -0.25) is 0 Å². The van der Waals surface area contributed by atoms with E-state index in [1.54, 1.807) is 6.26 Å². The minimum atomic E-state index is 0.495. The van der Waals surface area contributed by atoms with Crippen LogP contribution in [-0.2, 0) is 6.42 Å². The van der Waals surface area contributed by atoms with Gasteiger partial charge >= 0.3 is 0 Å². The van der Waals surface area contributed by atoms with Gasteiger partial charge in [0, 0.05) is 18.5 Å². The maximum atomic E-state index is 5.41. The third kappa shape index (κ3) is 4.16. The van der Waals surface area contributed by atoms with Crippen LogP contribution in [0.1, 0.15) is 58.1 Å². The Kier molecular flexibility index (Phi) is 5.30. The summed E-state index contributed by atoms with van der Waals surface area (Å²) in [5.41, 5.74) is 0. The Bertz CT molecular complexity index is 312. The number of hydrogen-bond acceptors (Lipinski definition) is 2. The fraction of sp³-hybridized carbons (Fsp3) is 0.750. The zero-order valence-electron chi connectivity index (χ0n) is 11.8. The Labute approximate surface area is 111 Å². The Morgan fingerprint density at radius 1 is 1.22 bits per heavy atom. The standard InChI is InChI=1S/C16H27NO/c1-13(12-16-10-7-11-18-16)17-14(2)15-8-5-3-4-6-9-15/h7,10-11,13-15,17H,3-6,8-9,12H2,1-2H3/t13?,14-/m0/s1. The number of furan rings is 1. The highest BCUT2D eigenvalue weighted by Crippen LogP contribution is 2.25. The van der Waals surface area contributed by atoms with Gasteiger partial charge in [0.15, 0.2) is 0 Å². The summed E-state index contributed by atoms with van der Waals surface area (Å²) in [7, 11) is 0. The molecule has 1 heterocycles. The van der Waals surface area contributed by atoms with Crippen LogP contribution in [0.2, 0.25) is 0 Å². The number of rotatable bonds is 5. The van der Waals surface area contributed by atoms with Crippen molar-refractivity contribution in [2.45, 2.75) is 70.9 Å². The molecule has 0 aromatic carbocycles. The normalized spacial score (nSPS) is 21.4. The SMILES string of the molecule is CC(Cc1ccco1)N[C@@H](C)C1CCCCCC1. The fourth-order valence-electron chi connectivity index (χ4n) is 3.19. The summed E-state index contributed by atoms with van der Waals surface area (Å²) in [5.74, 6) is 1.95. The van der Waals surface area contributed by atoms with E-state index >= 15 is 0 Å². The van der Waals surface area contributed by atoms with E-state index in [0.29, 0.717) is 12.1 Å². The minimum Gasteiger partial charge on any atom is -0.469 e. The predicted octanol–water partition coefficient (Wildman–Crippen LogP) is 4.16. The lowest BCUT2D eigenvalue weighted by Gasteiger charge is -2.27. The fourth-order valence-corrected chi connectivity index (χ4v) is 3.19. The van der Waals surface area contributed by atoms with Gasteiger partial charge in [-0.05, 0) is 44.7 Å². The van der Waals surface area contributed by atoms with E-state index in [1.165, 1.54) is 38.5 Å². The van der Waals surface area contributed by atoms with Gasteiger partial charge in [-0.1, -0.05) is 25.7 Å². The van der Waals surface area contributed by atoms with E-state index in [4.69, 9.17) is 4.42 Å². The second kappa shape index (κ2) is 6.98. The second-order valence-electron chi connectivity index (χ2n) is 5.89. The molecule has 102 valence electrons. The molecule has 18 heavy (non-hydrogen) atoms. The van der Waals surface area contributed by atoms with Gasteiger partial charge in [-0.2, -0.15) is 0 Å². The molecule has 1 aromatic heterocycles. The monoisotopic (exact) mass is 249 g/mol. The third-order valence-corrected chi connectivity index (χ3v) is 4.24. The first kappa shape index (κ1) is 13.7. The quantitative estimate of drug-likeness (QED) is 0.793. The van der Waals surface area contributed by atoms with Gasteiger partial charge in [-0.15, -0.1) is 0 Å². The molecule has 1 aliphatic rings. The summed E-state index contributed by atoms with van der Waals surface area (Å²) in [6.45, 7) is 4.62. The molecule has 2 rings (SSSR count). The van der Waals surface area contributed by atoms with E-state index in [-0.39, 0.29) is 0 Å². The van der Waals surface area contributed by atoms with Gasteiger partial charge in [0.25, 0.3) is 0 Å². The molecule has 1 N–H and O–H groups in total. The zero-order valence-corrected chi connectivity index (χ0v) is 11.8. The van der Waals surface area contributed by atoms with Crippen LogP contribution in [0.4, 0.5) is 0 Å². The Morgan fingerprint density at radius 3 is 2.56 bits per heavy atom. The maximum absolute atomic E-state index is 5.41. The molecule has 1 unspecified atom stereocenters. The highest BCUT2D eigenvalue weighted by Gasteiger charge is 2.20. The molecule has 2 nitrogen and oxygen atoms in total. The lowest BCUT2D eigenvalue weighted by Crippen LogP contribution is -2.40. The summed E-state index contributed by atoms with van der Waals surface area (Å²) in [6.07, 6.45) is 11.3. The van der Waals surface area contributed by atoms with Crippen LogP contribution in [0.3, 0.4) is 0 Å². The molecular weight excluding hydrogens is 222 g/mol. The van der Waals surface area contributed by atoms with Crippen LogP contribution in [0.15, 0.2) is 22.8 Å². The third-order valence-electron chi connectivity index (χ3n) is 4.24. The number of nitrogens with one attached hydrogen (secondary N) is 1. The molecule has 2 heteroatoms. The van der Waals surface area contributed by atoms with E-state index in [9.17, 15) is 0 Å². The largest absolute Gasteiger partial charge is 0.469 e. The van der Waals surface area contributed by atoms with Crippen molar-refractivity contribution in [3.63, 3.8) is 0 Å². The first-order valence-electron chi connectivity index (χ1n) is 7.54. The highest BCUT2D eigenvalue weighted by molar-refractivity contribution is 5.00. The lowest BCUT2D eigenvalue weighted by atomic mass is 9.92. The smallest absolute Gasteiger partial charge is 0.105 e. The van der Waals surface area contributed by atoms with Crippen molar-refractivity contribution < 1.29 is 4.42 Å². The summed E-state index contributed by atoms with van der Waals surface area (Å²) >= 11 is 0. The van der Waals surface area contributed by atoms with Crippen LogP contribution < -0.4 is 5.32 Å². The molecule has 0 bridgehead atoms. The minimum absolute atomic E-state index is 0.495. The molecule has 1 aliphatic carbocycles. The van der Waals surface area contributed by atoms with E-state index in [2.05, 4.69) is 25.2 Å². The average molecular weight is 249 g/mol. The summed E-state index contributed by atoms with van der Waals surface area (Å²) in [6, 6.07) is 5.16. The predicted molar refractivity (Wildman–Crippen MR) is 75.7 cm³/mol. The Morgan fingerprint density at radius 2 is 1.94 bits per heavy atom. The first-order chi connectivity index (χ1) is 8.75. The molecule has 1 fully saturated rings. The van der Waals surface area contributed by atoms with E-state index in [0.717, 1.165) is 18.1 Å². The van der Waals surface area contributed by atoms with Crippen molar-refractivity contribution >= 4 is 0 Å². The topological polar surface area (TPSA) is 25.2 Å². The van der Waals surface area contributed by atoms with Gasteiger partial charge in [0.2, 0.25) is 0 Å². The maximum Gasteiger partial charge on any atom is 0.105 e. The van der Waals surface area contributed by atoms with Gasteiger partial charge < -0.3 is 9.73 Å². The zero-order chi connectivity index (χ0) is 12.8. The van der Waals surface area contributed by atoms with E-state index < -0.39 is 0 Å². The Hall–Kier alpha value is -0.760. The molecule has 1 saturated carbocycles. The van der Waals surface area contributed by atoms with Crippen molar-refractivity contribution in [1.29, 1.82) is 0 Å². The first-order valence-corrected chi connectivity index (χ1v) is 7.54. The van der Waals surface area contributed by atoms with Crippen LogP contribution >= 0.6 is 0 Å². The van der Waals surface area contributed by atoms with Crippen LogP contribution in [0.25, 0.3) is 0 Å². The highest BCUT2D eigenvalue weighted by atomic mass is 16.3. The van der Waals surface area contributed by atoms with Crippen molar-refractivity contribution in [3.05, 3.63) is 24.2 Å². The molecule has 1 aromatic rings. The molecular formula is C16H27NO. The molecule has 0 aliphatic heterocycles. The summed E-state index contributed by atoms with van der Waals surface area (Å²) in [4.78, 5) is 0. The molecule has 0 radical (unpaired) electrons. The van der Waals surface area contributed by atoms with Crippen molar-refractivity contribution in [2.75, 3.05) is 0 Å². The van der Waals surface area contributed by atoms with Gasteiger partial charge in [0.1, 0.15) is 5.76 Å². The Balaban J connectivity index is 1.76. The van der Waals surface area contributed by atoms with Crippen molar-refractivity contribution in [1.82, 2.24) is 5.32 Å². The van der Waals surface area contributed by atoms with Gasteiger partial charge in [0.05, 0.1) is 6.26 Å². The molecule has 0 spiro atoms. The van der Waals surface area contributed by atoms with Gasteiger partial charge in [-0.25, -0.2) is 0 Å². The van der Waals surface area contributed by atoms with Crippen LogP contribution in [-0.4, -0.2) is 12.1 Å². The summed E-state index contributed by atoms with van der Waals surface area (Å²) < 4.78 is 5.41. The van der Waals surface area contributed by atoms with E-state index in [1.807, 2.05) is 6.07 Å². The summed E-state index contributed by atoms with van der Waals surface area (Å²) in [5, 5.41) is 3.76. The van der Waals surface area contributed by atoms with Crippen molar-refractivity contribution in [3.8, 4) is 0 Å². The second-order valence-corrected chi connectivity index (χ2v) is 5.89. The molecule has 2 atom stereocenters. The van der Waals surface area contributed by atoms with Crippen LogP contribution in [0.5, 0.6) is 0 Å². The number of hydrogen-bond donors (Lipinski definition) is 1. The molecule has 0 saturated heterocycles. The lowest BCUT2D eigenvalue weighted by molar-refractivity contribution is 0.308. The molecule has 0 amide bonds.